The van der Waals surface area contributed by atoms with Crippen molar-refractivity contribution in [2.75, 3.05) is 30.3 Å². The molecule has 0 saturated carbocycles. The minimum Gasteiger partial charge on any atom is -0.462 e. The van der Waals surface area contributed by atoms with Crippen LogP contribution in [0.3, 0.4) is 0 Å². The zero-order valence-electron chi connectivity index (χ0n) is 21.5. The molecule has 1 aliphatic rings. The zero-order chi connectivity index (χ0) is 26.3. The molecule has 0 radical (unpaired) electrons. The number of fused-ring (bicyclic) bond motifs is 1. The Morgan fingerprint density at radius 1 is 1.03 bits per heavy atom. The largest absolute Gasteiger partial charge is 0.462 e. The van der Waals surface area contributed by atoms with Crippen molar-refractivity contribution >= 4 is 34.0 Å². The van der Waals surface area contributed by atoms with Crippen LogP contribution < -0.4 is 10.6 Å². The van der Waals surface area contributed by atoms with Gasteiger partial charge in [0.05, 0.1) is 12.2 Å². The lowest BCUT2D eigenvalue weighted by atomic mass is 10.1. The number of amides is 1. The summed E-state index contributed by atoms with van der Waals surface area (Å²) < 4.78 is 5.19. The first-order chi connectivity index (χ1) is 18.6. The lowest BCUT2D eigenvalue weighted by molar-refractivity contribution is 0.0505. The number of benzene rings is 3. The Hall–Kier alpha value is -4.23. The van der Waals surface area contributed by atoms with Crippen molar-refractivity contribution in [1.29, 1.82) is 0 Å². The number of hydrogen-bond donors (Lipinski definition) is 2. The van der Waals surface area contributed by atoms with Gasteiger partial charge in [0.1, 0.15) is 0 Å². The molecular weight excluding hydrogens is 476 g/mol. The highest BCUT2D eigenvalue weighted by Gasteiger charge is 2.23. The van der Waals surface area contributed by atoms with E-state index in [-0.39, 0.29) is 5.91 Å². The number of pyridine rings is 1. The van der Waals surface area contributed by atoms with Crippen LogP contribution in [0.4, 0.5) is 11.4 Å². The van der Waals surface area contributed by atoms with Gasteiger partial charge in [-0.3, -0.25) is 14.7 Å². The Bertz CT molecular complexity index is 1430. The number of carbonyl (C=O) groups excluding carboxylic acids is 2. The van der Waals surface area contributed by atoms with Gasteiger partial charge in [-0.1, -0.05) is 37.3 Å². The van der Waals surface area contributed by atoms with Crippen LogP contribution in [0.25, 0.3) is 10.8 Å². The molecular formula is C31H32N4O3. The average molecular weight is 509 g/mol. The first kappa shape index (κ1) is 25.4. The van der Waals surface area contributed by atoms with Gasteiger partial charge in [0.2, 0.25) is 0 Å². The Morgan fingerprint density at radius 3 is 2.76 bits per heavy atom. The van der Waals surface area contributed by atoms with Crippen molar-refractivity contribution in [2.45, 2.75) is 32.4 Å². The van der Waals surface area contributed by atoms with Crippen molar-refractivity contribution in [3.8, 4) is 0 Å². The van der Waals surface area contributed by atoms with Crippen LogP contribution in [0, 0.1) is 0 Å². The van der Waals surface area contributed by atoms with E-state index < -0.39 is 5.97 Å². The van der Waals surface area contributed by atoms with Crippen LogP contribution in [0.15, 0.2) is 85.2 Å². The second kappa shape index (κ2) is 11.9. The molecule has 7 heteroatoms. The maximum Gasteiger partial charge on any atom is 0.338 e. The molecule has 3 aromatic carbocycles. The van der Waals surface area contributed by atoms with Gasteiger partial charge in [0.15, 0.2) is 0 Å². The molecule has 1 unspecified atom stereocenters. The minimum atomic E-state index is -0.417. The fourth-order valence-electron chi connectivity index (χ4n) is 4.84. The summed E-state index contributed by atoms with van der Waals surface area (Å²) >= 11 is 0. The van der Waals surface area contributed by atoms with E-state index in [0.717, 1.165) is 54.8 Å². The number of nitrogens with one attached hydrogen (secondary N) is 2. The summed E-state index contributed by atoms with van der Waals surface area (Å²) in [7, 11) is 0. The molecule has 1 amide bonds. The molecule has 2 N–H and O–H groups in total. The first-order valence-corrected chi connectivity index (χ1v) is 13.1. The first-order valence-electron chi connectivity index (χ1n) is 13.1. The summed E-state index contributed by atoms with van der Waals surface area (Å²) in [4.78, 5) is 31.7. The summed E-state index contributed by atoms with van der Waals surface area (Å²) in [5, 5.41) is 9.01. The Morgan fingerprint density at radius 2 is 1.87 bits per heavy atom. The van der Waals surface area contributed by atoms with E-state index in [1.54, 1.807) is 24.3 Å². The molecule has 38 heavy (non-hydrogen) atoms. The van der Waals surface area contributed by atoms with E-state index in [1.165, 1.54) is 5.39 Å². The van der Waals surface area contributed by atoms with Crippen LogP contribution in [-0.2, 0) is 11.3 Å². The van der Waals surface area contributed by atoms with E-state index in [9.17, 15) is 9.59 Å². The number of anilines is 2. The second-order valence-electron chi connectivity index (χ2n) is 9.64. The summed E-state index contributed by atoms with van der Waals surface area (Å²) in [6, 6.07) is 23.2. The standard InChI is InChI=1S/C31H32N4O3/c1-2-16-38-31(37)24-8-4-7-23(18-24)30(36)34-26-10-3-6-22(17-26)20-35-15-13-27(21-35)33-29-11-5-9-25-19-32-14-12-28(25)29/h3-12,14,17-19,27,33H,2,13,15-16,20-21H2,1H3,(H,34,36). The van der Waals surface area contributed by atoms with E-state index in [4.69, 9.17) is 4.74 Å². The Balaban J connectivity index is 1.18. The lowest BCUT2D eigenvalue weighted by Gasteiger charge is -2.19. The number of nitrogens with zero attached hydrogens (tertiary/aromatic N) is 2. The van der Waals surface area contributed by atoms with Gasteiger partial charge >= 0.3 is 5.97 Å². The quantitative estimate of drug-likeness (QED) is 0.281. The number of likely N-dealkylation sites (tertiary alicyclic amines) is 1. The number of aromatic nitrogens is 1. The van der Waals surface area contributed by atoms with Gasteiger partial charge in [0.25, 0.3) is 5.91 Å². The molecule has 0 bridgehead atoms. The maximum atomic E-state index is 12.9. The van der Waals surface area contributed by atoms with E-state index in [1.807, 2.05) is 37.5 Å². The molecule has 4 aromatic rings. The average Bonchev–Trinajstić information content (AvgIpc) is 3.38. The number of rotatable bonds is 9. The van der Waals surface area contributed by atoms with Crippen molar-refractivity contribution < 1.29 is 14.3 Å². The summed E-state index contributed by atoms with van der Waals surface area (Å²) in [5.74, 6) is -0.678. The second-order valence-corrected chi connectivity index (χ2v) is 9.64. The molecule has 1 aliphatic heterocycles. The summed E-state index contributed by atoms with van der Waals surface area (Å²) in [6.45, 7) is 5.05. The van der Waals surface area contributed by atoms with Crippen LogP contribution in [0.5, 0.6) is 0 Å². The van der Waals surface area contributed by atoms with E-state index in [2.05, 4.69) is 50.8 Å². The number of hydrogen-bond acceptors (Lipinski definition) is 6. The van der Waals surface area contributed by atoms with Crippen molar-refractivity contribution in [1.82, 2.24) is 9.88 Å². The molecule has 1 fully saturated rings. The highest BCUT2D eigenvalue weighted by molar-refractivity contribution is 6.05. The minimum absolute atomic E-state index is 0.261. The highest BCUT2D eigenvalue weighted by Crippen LogP contribution is 2.25. The maximum absolute atomic E-state index is 12.9. The third kappa shape index (κ3) is 6.18. The van der Waals surface area contributed by atoms with Gasteiger partial charge in [-0.15, -0.1) is 0 Å². The molecule has 2 heterocycles. The molecule has 0 aliphatic carbocycles. The van der Waals surface area contributed by atoms with E-state index >= 15 is 0 Å². The normalized spacial score (nSPS) is 15.3. The molecule has 5 rings (SSSR count). The molecule has 1 aromatic heterocycles. The number of ether oxygens (including phenoxy) is 1. The van der Waals surface area contributed by atoms with E-state index in [0.29, 0.717) is 23.8 Å². The SMILES string of the molecule is CCCOC(=O)c1cccc(C(=O)Nc2cccc(CN3CCC(Nc4cccc5cnccc45)C3)c2)c1. The molecule has 1 atom stereocenters. The topological polar surface area (TPSA) is 83.6 Å². The molecule has 0 spiro atoms. The van der Waals surface area contributed by atoms with Crippen LogP contribution in [0.2, 0.25) is 0 Å². The highest BCUT2D eigenvalue weighted by atomic mass is 16.5. The summed E-state index contributed by atoms with van der Waals surface area (Å²) in [5.41, 5.74) is 3.79. The lowest BCUT2D eigenvalue weighted by Crippen LogP contribution is -2.26. The van der Waals surface area contributed by atoms with Gasteiger partial charge in [-0.25, -0.2) is 4.79 Å². The Kier molecular flexibility index (Phi) is 7.95. The van der Waals surface area contributed by atoms with Crippen LogP contribution >= 0.6 is 0 Å². The fourth-order valence-corrected chi connectivity index (χ4v) is 4.84. The van der Waals surface area contributed by atoms with Gasteiger partial charge in [0, 0.05) is 65.8 Å². The van der Waals surface area contributed by atoms with Crippen molar-refractivity contribution in [3.05, 3.63) is 102 Å². The van der Waals surface area contributed by atoms with Crippen LogP contribution in [0.1, 0.15) is 46.0 Å². The van der Waals surface area contributed by atoms with Gasteiger partial charge in [-0.2, -0.15) is 0 Å². The number of esters is 1. The Labute approximate surface area is 222 Å². The van der Waals surface area contributed by atoms with Crippen molar-refractivity contribution in [3.63, 3.8) is 0 Å². The third-order valence-corrected chi connectivity index (χ3v) is 6.70. The van der Waals surface area contributed by atoms with Crippen molar-refractivity contribution in [2.24, 2.45) is 0 Å². The molecule has 7 nitrogen and oxygen atoms in total. The zero-order valence-corrected chi connectivity index (χ0v) is 21.5. The predicted octanol–water partition coefficient (Wildman–Crippen LogP) is 5.74. The summed E-state index contributed by atoms with van der Waals surface area (Å²) in [6.07, 6.45) is 5.54. The third-order valence-electron chi connectivity index (χ3n) is 6.70. The number of carbonyl (C=O) groups is 2. The molecule has 1 saturated heterocycles. The van der Waals surface area contributed by atoms with Gasteiger partial charge in [-0.05, 0) is 60.9 Å². The van der Waals surface area contributed by atoms with Gasteiger partial charge < -0.3 is 15.4 Å². The fraction of sp³-hybridized carbons (Fsp3) is 0.258. The predicted molar refractivity (Wildman–Crippen MR) is 150 cm³/mol. The smallest absolute Gasteiger partial charge is 0.338 e. The monoisotopic (exact) mass is 508 g/mol. The molecule has 194 valence electrons. The van der Waals surface area contributed by atoms with Crippen LogP contribution in [-0.4, -0.2) is 47.5 Å².